The molecule has 1 rings (SSSR count). The summed E-state index contributed by atoms with van der Waals surface area (Å²) >= 11 is 5.78. The van der Waals surface area contributed by atoms with Gasteiger partial charge in [-0.05, 0) is 18.6 Å². The van der Waals surface area contributed by atoms with Crippen molar-refractivity contribution in [3.8, 4) is 0 Å². The van der Waals surface area contributed by atoms with E-state index in [1.165, 1.54) is 18.2 Å². The van der Waals surface area contributed by atoms with Gasteiger partial charge in [-0.2, -0.15) is 0 Å². The van der Waals surface area contributed by atoms with Gasteiger partial charge in [0.15, 0.2) is 0 Å². The molecule has 0 aromatic heterocycles. The topological polar surface area (TPSA) is 95.7 Å². The first-order chi connectivity index (χ1) is 12.0. The van der Waals surface area contributed by atoms with E-state index in [1.807, 2.05) is 0 Å². The van der Waals surface area contributed by atoms with Gasteiger partial charge in [0.05, 0.1) is 29.9 Å². The molecule has 0 amide bonds. The quantitative estimate of drug-likeness (QED) is 0.250. The molecule has 0 aliphatic rings. The van der Waals surface area contributed by atoms with E-state index in [1.54, 1.807) is 0 Å². The minimum atomic E-state index is -0.628. The fourth-order valence-corrected chi connectivity index (χ4v) is 2.37. The molecule has 0 atom stereocenters. The highest BCUT2D eigenvalue weighted by atomic mass is 35.5. The van der Waals surface area contributed by atoms with Gasteiger partial charge in [-0.15, -0.1) is 0 Å². The molecule has 0 N–H and O–H groups in total. The second kappa shape index (κ2) is 11.4. The number of halogens is 1. The fourth-order valence-electron chi connectivity index (χ4n) is 2.10. The number of hydrogen-bond donors (Lipinski definition) is 0. The Bertz CT molecular complexity index is 605. The van der Waals surface area contributed by atoms with E-state index in [0.29, 0.717) is 6.61 Å². The Morgan fingerprint density at radius 1 is 1.12 bits per heavy atom. The number of nitro benzene ring substituents is 1. The van der Waals surface area contributed by atoms with Gasteiger partial charge in [0.1, 0.15) is 11.6 Å². The summed E-state index contributed by atoms with van der Waals surface area (Å²) in [5.74, 6) is -1.08. The van der Waals surface area contributed by atoms with Crippen molar-refractivity contribution in [1.82, 2.24) is 0 Å². The van der Waals surface area contributed by atoms with Gasteiger partial charge in [-0.1, -0.05) is 43.9 Å². The molecule has 138 valence electrons. The second-order valence-corrected chi connectivity index (χ2v) is 5.85. The molecule has 0 unspecified atom stereocenters. The summed E-state index contributed by atoms with van der Waals surface area (Å²) in [7, 11) is 0. The molecule has 0 saturated heterocycles. The van der Waals surface area contributed by atoms with Crippen molar-refractivity contribution < 1.29 is 24.0 Å². The van der Waals surface area contributed by atoms with Crippen molar-refractivity contribution in [2.75, 3.05) is 6.61 Å². The largest absolute Gasteiger partial charge is 0.466 e. The molecule has 0 bridgehead atoms. The van der Waals surface area contributed by atoms with Gasteiger partial charge in [-0.25, -0.2) is 0 Å². The standard InChI is InChI=1S/C17H22ClNO6/c1-2-3-4-5-11-24-15(20)9-10-16(21)25-12-13-7-6-8-14(18)17(13)19(22)23/h6-8H,2-5,9-12H2,1H3. The number of ether oxygens (including phenoxy) is 2. The zero-order valence-electron chi connectivity index (χ0n) is 14.2. The maximum absolute atomic E-state index is 11.7. The van der Waals surface area contributed by atoms with Crippen LogP contribution in [-0.2, 0) is 25.7 Å². The maximum Gasteiger partial charge on any atom is 0.306 e. The van der Waals surface area contributed by atoms with Crippen LogP contribution < -0.4 is 0 Å². The van der Waals surface area contributed by atoms with E-state index >= 15 is 0 Å². The first-order valence-electron chi connectivity index (χ1n) is 8.18. The van der Waals surface area contributed by atoms with Crippen LogP contribution in [0.5, 0.6) is 0 Å². The molecule has 0 heterocycles. The first-order valence-corrected chi connectivity index (χ1v) is 8.56. The SMILES string of the molecule is CCCCCCOC(=O)CCC(=O)OCc1cccc(Cl)c1[N+](=O)[O-]. The van der Waals surface area contributed by atoms with Crippen molar-refractivity contribution in [2.45, 2.75) is 52.1 Å². The summed E-state index contributed by atoms with van der Waals surface area (Å²) in [6, 6.07) is 4.39. The van der Waals surface area contributed by atoms with Gasteiger partial charge in [0.25, 0.3) is 5.69 Å². The molecule has 8 heteroatoms. The number of para-hydroxylation sites is 1. The molecular formula is C17H22ClNO6. The molecule has 0 aliphatic heterocycles. The van der Waals surface area contributed by atoms with Crippen molar-refractivity contribution in [3.63, 3.8) is 0 Å². The number of benzene rings is 1. The molecule has 7 nitrogen and oxygen atoms in total. The van der Waals surface area contributed by atoms with Crippen LogP contribution in [0.25, 0.3) is 0 Å². The highest BCUT2D eigenvalue weighted by Gasteiger charge is 2.19. The predicted molar refractivity (Wildman–Crippen MR) is 92.2 cm³/mol. The van der Waals surface area contributed by atoms with E-state index < -0.39 is 16.9 Å². The lowest BCUT2D eigenvalue weighted by molar-refractivity contribution is -0.385. The molecule has 0 spiro atoms. The number of nitrogens with zero attached hydrogens (tertiary/aromatic N) is 1. The van der Waals surface area contributed by atoms with Crippen LogP contribution in [0.2, 0.25) is 5.02 Å². The molecule has 0 fully saturated rings. The molecule has 1 aromatic rings. The molecular weight excluding hydrogens is 350 g/mol. The van der Waals surface area contributed by atoms with E-state index in [0.717, 1.165) is 25.7 Å². The molecule has 0 aliphatic carbocycles. The lowest BCUT2D eigenvalue weighted by Gasteiger charge is -2.07. The predicted octanol–water partition coefficient (Wildman–Crippen LogP) is 4.20. The third-order valence-corrected chi connectivity index (χ3v) is 3.74. The van der Waals surface area contributed by atoms with Gasteiger partial charge in [0, 0.05) is 0 Å². The Kier molecular flexibility index (Phi) is 9.54. The van der Waals surface area contributed by atoms with Crippen LogP contribution in [0.3, 0.4) is 0 Å². The molecule has 0 radical (unpaired) electrons. The molecule has 1 aromatic carbocycles. The number of unbranched alkanes of at least 4 members (excludes halogenated alkanes) is 3. The van der Waals surface area contributed by atoms with Gasteiger partial charge >= 0.3 is 11.9 Å². The monoisotopic (exact) mass is 371 g/mol. The number of carbonyl (C=O) groups excluding carboxylic acids is 2. The third kappa shape index (κ3) is 7.98. The zero-order valence-corrected chi connectivity index (χ0v) is 14.9. The Morgan fingerprint density at radius 3 is 2.44 bits per heavy atom. The summed E-state index contributed by atoms with van der Waals surface area (Å²) in [5.41, 5.74) is -0.0900. The van der Waals surface area contributed by atoms with E-state index in [9.17, 15) is 19.7 Å². The van der Waals surface area contributed by atoms with Crippen LogP contribution >= 0.6 is 11.6 Å². The number of esters is 2. The maximum atomic E-state index is 11.7. The smallest absolute Gasteiger partial charge is 0.306 e. The van der Waals surface area contributed by atoms with Crippen molar-refractivity contribution in [3.05, 3.63) is 38.9 Å². The summed E-state index contributed by atoms with van der Waals surface area (Å²) in [4.78, 5) is 33.5. The van der Waals surface area contributed by atoms with Crippen molar-refractivity contribution in [2.24, 2.45) is 0 Å². The lowest BCUT2D eigenvalue weighted by atomic mass is 10.2. The Morgan fingerprint density at radius 2 is 1.80 bits per heavy atom. The number of carbonyl (C=O) groups is 2. The Balaban J connectivity index is 2.33. The van der Waals surface area contributed by atoms with E-state index in [2.05, 4.69) is 6.92 Å². The molecule has 0 saturated carbocycles. The van der Waals surface area contributed by atoms with Crippen LogP contribution in [0, 0.1) is 10.1 Å². The zero-order chi connectivity index (χ0) is 18.7. The van der Waals surface area contributed by atoms with Crippen LogP contribution in [0.15, 0.2) is 18.2 Å². The second-order valence-electron chi connectivity index (χ2n) is 5.45. The number of hydrogen-bond acceptors (Lipinski definition) is 6. The Labute approximate surface area is 151 Å². The number of nitro groups is 1. The van der Waals surface area contributed by atoms with Crippen molar-refractivity contribution in [1.29, 1.82) is 0 Å². The van der Waals surface area contributed by atoms with Crippen molar-refractivity contribution >= 4 is 29.2 Å². The van der Waals surface area contributed by atoms with E-state index in [-0.39, 0.29) is 35.7 Å². The fraction of sp³-hybridized carbons (Fsp3) is 0.529. The van der Waals surface area contributed by atoms with Gasteiger partial charge in [-0.3, -0.25) is 19.7 Å². The average molecular weight is 372 g/mol. The van der Waals surface area contributed by atoms with Crippen LogP contribution in [0.4, 0.5) is 5.69 Å². The lowest BCUT2D eigenvalue weighted by Crippen LogP contribution is -2.11. The third-order valence-electron chi connectivity index (χ3n) is 3.44. The summed E-state index contributed by atoms with van der Waals surface area (Å²) in [6.45, 7) is 2.17. The molecule has 25 heavy (non-hydrogen) atoms. The van der Waals surface area contributed by atoms with Crippen LogP contribution in [-0.4, -0.2) is 23.5 Å². The minimum absolute atomic E-state index is 0.0230. The highest BCUT2D eigenvalue weighted by Crippen LogP contribution is 2.28. The highest BCUT2D eigenvalue weighted by molar-refractivity contribution is 6.32. The van der Waals surface area contributed by atoms with Crippen LogP contribution in [0.1, 0.15) is 51.0 Å². The summed E-state index contributed by atoms with van der Waals surface area (Å²) in [5, 5.41) is 11.0. The first kappa shape index (κ1) is 20.9. The normalized spacial score (nSPS) is 10.3. The van der Waals surface area contributed by atoms with E-state index in [4.69, 9.17) is 21.1 Å². The average Bonchev–Trinajstić information content (AvgIpc) is 2.57. The van der Waals surface area contributed by atoms with Gasteiger partial charge in [0.2, 0.25) is 0 Å². The number of rotatable bonds is 11. The van der Waals surface area contributed by atoms with Gasteiger partial charge < -0.3 is 9.47 Å². The Hall–Kier alpha value is -2.15. The summed E-state index contributed by atoms with van der Waals surface area (Å²) < 4.78 is 9.99. The minimum Gasteiger partial charge on any atom is -0.466 e. The summed E-state index contributed by atoms with van der Waals surface area (Å²) in [6.07, 6.45) is 3.79.